The zero-order chi connectivity index (χ0) is 16.6. The molecule has 1 fully saturated rings. The van der Waals surface area contributed by atoms with E-state index < -0.39 is 0 Å². The standard InChI is InChI=1S/C17H21FN4O/c1-11-12(2)20-15-4-3-13(18)9-14(15)17(11)22-7-5-21(6-8-22)10-16(19)23/h3-4,9H,5-8,10H2,1-2H3,(H2,19,23). The summed E-state index contributed by atoms with van der Waals surface area (Å²) in [7, 11) is 0. The largest absolute Gasteiger partial charge is 0.369 e. The number of nitrogens with two attached hydrogens (primary N) is 1. The number of nitrogens with zero attached hydrogens (tertiary/aromatic N) is 3. The number of pyridine rings is 1. The number of anilines is 1. The van der Waals surface area contributed by atoms with Gasteiger partial charge in [-0.15, -0.1) is 0 Å². The van der Waals surface area contributed by atoms with Crippen LogP contribution in [0.5, 0.6) is 0 Å². The number of halogens is 1. The summed E-state index contributed by atoms with van der Waals surface area (Å²) < 4.78 is 13.7. The van der Waals surface area contributed by atoms with E-state index in [1.165, 1.54) is 6.07 Å². The molecule has 2 N–H and O–H groups in total. The van der Waals surface area contributed by atoms with Gasteiger partial charge in [-0.2, -0.15) is 0 Å². The monoisotopic (exact) mass is 316 g/mol. The third kappa shape index (κ3) is 3.12. The minimum atomic E-state index is -0.304. The normalized spacial score (nSPS) is 16.0. The highest BCUT2D eigenvalue weighted by Crippen LogP contribution is 2.32. The van der Waals surface area contributed by atoms with Crippen molar-refractivity contribution in [1.82, 2.24) is 9.88 Å². The molecule has 0 unspecified atom stereocenters. The fourth-order valence-corrected chi connectivity index (χ4v) is 3.19. The molecule has 3 rings (SSSR count). The fraction of sp³-hybridized carbons (Fsp3) is 0.412. The number of aromatic nitrogens is 1. The first-order valence-electron chi connectivity index (χ1n) is 7.78. The third-order valence-electron chi connectivity index (χ3n) is 4.47. The number of rotatable bonds is 3. The zero-order valence-electron chi connectivity index (χ0n) is 13.5. The molecule has 1 aromatic carbocycles. The Morgan fingerprint density at radius 3 is 2.61 bits per heavy atom. The first kappa shape index (κ1) is 15.7. The molecule has 1 saturated heterocycles. The van der Waals surface area contributed by atoms with Gasteiger partial charge in [-0.1, -0.05) is 0 Å². The summed E-state index contributed by atoms with van der Waals surface area (Å²) in [5, 5.41) is 0.844. The molecule has 5 nitrogen and oxygen atoms in total. The summed E-state index contributed by atoms with van der Waals surface area (Å²) in [4.78, 5) is 19.9. The van der Waals surface area contributed by atoms with Crippen LogP contribution in [0.15, 0.2) is 18.2 Å². The summed E-state index contributed by atoms with van der Waals surface area (Å²) in [6.07, 6.45) is 0. The Morgan fingerprint density at radius 2 is 1.96 bits per heavy atom. The predicted octanol–water partition coefficient (Wildman–Crippen LogP) is 1.60. The SMILES string of the molecule is Cc1nc2ccc(F)cc2c(N2CCN(CC(N)=O)CC2)c1C. The molecule has 23 heavy (non-hydrogen) atoms. The minimum absolute atomic E-state index is 0.254. The lowest BCUT2D eigenvalue weighted by molar-refractivity contribution is -0.119. The van der Waals surface area contributed by atoms with E-state index in [9.17, 15) is 9.18 Å². The lowest BCUT2D eigenvalue weighted by atomic mass is 10.0. The van der Waals surface area contributed by atoms with Crippen LogP contribution in [0.4, 0.5) is 10.1 Å². The van der Waals surface area contributed by atoms with E-state index in [1.54, 1.807) is 12.1 Å². The molecular formula is C17H21FN4O. The van der Waals surface area contributed by atoms with Crippen LogP contribution in [0.2, 0.25) is 0 Å². The average Bonchev–Trinajstić information content (AvgIpc) is 2.50. The van der Waals surface area contributed by atoms with E-state index in [2.05, 4.69) is 9.88 Å². The van der Waals surface area contributed by atoms with Gasteiger partial charge in [0.15, 0.2) is 0 Å². The number of hydrogen-bond donors (Lipinski definition) is 1. The van der Waals surface area contributed by atoms with Gasteiger partial charge in [-0.25, -0.2) is 4.39 Å². The molecule has 0 spiro atoms. The van der Waals surface area contributed by atoms with Gasteiger partial charge in [0.25, 0.3) is 0 Å². The zero-order valence-corrected chi connectivity index (χ0v) is 13.5. The van der Waals surface area contributed by atoms with E-state index in [-0.39, 0.29) is 18.3 Å². The van der Waals surface area contributed by atoms with Gasteiger partial charge >= 0.3 is 0 Å². The molecule has 0 bridgehead atoms. The second-order valence-electron chi connectivity index (χ2n) is 6.06. The molecule has 1 aliphatic rings. The van der Waals surface area contributed by atoms with Crippen molar-refractivity contribution in [2.75, 3.05) is 37.6 Å². The van der Waals surface area contributed by atoms with Crippen molar-refractivity contribution in [3.8, 4) is 0 Å². The van der Waals surface area contributed by atoms with Crippen LogP contribution in [-0.2, 0) is 4.79 Å². The van der Waals surface area contributed by atoms with Gasteiger partial charge in [0.2, 0.25) is 5.91 Å². The lowest BCUT2D eigenvalue weighted by Crippen LogP contribution is -2.49. The molecule has 1 amide bonds. The molecule has 1 aliphatic heterocycles. The molecule has 1 aromatic heterocycles. The van der Waals surface area contributed by atoms with E-state index in [1.807, 2.05) is 18.7 Å². The fourth-order valence-electron chi connectivity index (χ4n) is 3.19. The number of aryl methyl sites for hydroxylation is 1. The van der Waals surface area contributed by atoms with Gasteiger partial charge < -0.3 is 10.6 Å². The second kappa shape index (κ2) is 6.12. The summed E-state index contributed by atoms with van der Waals surface area (Å²) in [5.74, 6) is -0.557. The molecule has 0 atom stereocenters. The molecule has 2 heterocycles. The van der Waals surface area contributed by atoms with Gasteiger partial charge in [-0.3, -0.25) is 14.7 Å². The van der Waals surface area contributed by atoms with E-state index >= 15 is 0 Å². The van der Waals surface area contributed by atoms with Crippen LogP contribution in [0.1, 0.15) is 11.3 Å². The molecule has 0 saturated carbocycles. The van der Waals surface area contributed by atoms with Gasteiger partial charge in [0, 0.05) is 37.3 Å². The van der Waals surface area contributed by atoms with Crippen molar-refractivity contribution < 1.29 is 9.18 Å². The molecule has 0 radical (unpaired) electrons. The van der Waals surface area contributed by atoms with Crippen molar-refractivity contribution in [2.45, 2.75) is 13.8 Å². The van der Waals surface area contributed by atoms with Crippen LogP contribution < -0.4 is 10.6 Å². The first-order chi connectivity index (χ1) is 11.0. The summed E-state index contributed by atoms with van der Waals surface area (Å²) in [5.41, 5.74) is 9.15. The van der Waals surface area contributed by atoms with Crippen LogP contribution in [0.25, 0.3) is 10.9 Å². The first-order valence-corrected chi connectivity index (χ1v) is 7.78. The predicted molar refractivity (Wildman–Crippen MR) is 89.0 cm³/mol. The van der Waals surface area contributed by atoms with Crippen LogP contribution in [0.3, 0.4) is 0 Å². The summed E-state index contributed by atoms with van der Waals surface area (Å²) >= 11 is 0. The van der Waals surface area contributed by atoms with Gasteiger partial charge in [0.05, 0.1) is 17.7 Å². The Morgan fingerprint density at radius 1 is 1.26 bits per heavy atom. The number of piperazine rings is 1. The topological polar surface area (TPSA) is 62.5 Å². The Balaban J connectivity index is 1.95. The Labute approximate surface area is 134 Å². The lowest BCUT2D eigenvalue weighted by Gasteiger charge is -2.37. The highest BCUT2D eigenvalue weighted by atomic mass is 19.1. The second-order valence-corrected chi connectivity index (χ2v) is 6.06. The smallest absolute Gasteiger partial charge is 0.231 e. The highest BCUT2D eigenvalue weighted by Gasteiger charge is 2.22. The van der Waals surface area contributed by atoms with E-state index in [0.717, 1.165) is 54.0 Å². The number of primary amides is 1. The van der Waals surface area contributed by atoms with Crippen molar-refractivity contribution in [3.63, 3.8) is 0 Å². The molecule has 0 aliphatic carbocycles. The number of fused-ring (bicyclic) bond motifs is 1. The molecule has 6 heteroatoms. The number of benzene rings is 1. The molecule has 2 aromatic rings. The van der Waals surface area contributed by atoms with Crippen LogP contribution in [0, 0.1) is 19.7 Å². The minimum Gasteiger partial charge on any atom is -0.369 e. The number of amides is 1. The Bertz CT molecular complexity index is 754. The van der Waals surface area contributed by atoms with Crippen LogP contribution >= 0.6 is 0 Å². The van der Waals surface area contributed by atoms with Crippen molar-refractivity contribution in [3.05, 3.63) is 35.3 Å². The average molecular weight is 316 g/mol. The molecule has 122 valence electrons. The maximum atomic E-state index is 13.7. The van der Waals surface area contributed by atoms with Crippen molar-refractivity contribution in [1.29, 1.82) is 0 Å². The highest BCUT2D eigenvalue weighted by molar-refractivity contribution is 5.94. The van der Waals surface area contributed by atoms with Crippen molar-refractivity contribution in [2.24, 2.45) is 5.73 Å². The number of carbonyl (C=O) groups excluding carboxylic acids is 1. The number of carbonyl (C=O) groups is 1. The van der Waals surface area contributed by atoms with Crippen LogP contribution in [-0.4, -0.2) is 48.5 Å². The molecular weight excluding hydrogens is 295 g/mol. The summed E-state index contributed by atoms with van der Waals surface area (Å²) in [6.45, 7) is 7.38. The number of hydrogen-bond acceptors (Lipinski definition) is 4. The van der Waals surface area contributed by atoms with Gasteiger partial charge in [0.1, 0.15) is 5.82 Å². The van der Waals surface area contributed by atoms with Gasteiger partial charge in [-0.05, 0) is 37.6 Å². The van der Waals surface area contributed by atoms with Crippen molar-refractivity contribution >= 4 is 22.5 Å². The van der Waals surface area contributed by atoms with E-state index in [0.29, 0.717) is 0 Å². The quantitative estimate of drug-likeness (QED) is 0.934. The summed E-state index contributed by atoms with van der Waals surface area (Å²) in [6, 6.07) is 4.72. The Hall–Kier alpha value is -2.21. The maximum absolute atomic E-state index is 13.7. The Kier molecular flexibility index (Phi) is 4.17. The third-order valence-corrected chi connectivity index (χ3v) is 4.47. The maximum Gasteiger partial charge on any atom is 0.231 e. The van der Waals surface area contributed by atoms with E-state index in [4.69, 9.17) is 5.73 Å².